The summed E-state index contributed by atoms with van der Waals surface area (Å²) in [5.74, 6) is -0.938. The second kappa shape index (κ2) is 7.77. The van der Waals surface area contributed by atoms with Gasteiger partial charge in [-0.1, -0.05) is 31.1 Å². The Bertz CT molecular complexity index is 940. The Balaban J connectivity index is 1.59. The van der Waals surface area contributed by atoms with Crippen molar-refractivity contribution in [1.82, 2.24) is 0 Å². The largest absolute Gasteiger partial charge is 0.454 e. The number of aliphatic hydroxyl groups is 2. The van der Waals surface area contributed by atoms with Gasteiger partial charge in [0.1, 0.15) is 5.60 Å². The van der Waals surface area contributed by atoms with Crippen molar-refractivity contribution >= 4 is 17.5 Å². The number of Topliss-reactive ketones (excluding diaryl/α,β-unsaturated/α-hetero) is 1. The van der Waals surface area contributed by atoms with Gasteiger partial charge in [0.2, 0.25) is 5.78 Å². The Labute approximate surface area is 189 Å². The van der Waals surface area contributed by atoms with Crippen molar-refractivity contribution in [3.63, 3.8) is 0 Å². The summed E-state index contributed by atoms with van der Waals surface area (Å²) < 4.78 is 5.11. The summed E-state index contributed by atoms with van der Waals surface area (Å²) in [6.45, 7) is 7.07. The number of carbonyl (C=O) groups excluding carboxylic acids is 3. The molecule has 32 heavy (non-hydrogen) atoms. The number of hydrogen-bond donors (Lipinski definition) is 2. The van der Waals surface area contributed by atoms with Crippen molar-refractivity contribution in [3.05, 3.63) is 35.5 Å². The van der Waals surface area contributed by atoms with E-state index in [1.54, 1.807) is 26.0 Å². The van der Waals surface area contributed by atoms with E-state index >= 15 is 0 Å². The number of allylic oxidation sites excluding steroid dienone is 5. The van der Waals surface area contributed by atoms with E-state index in [2.05, 4.69) is 6.92 Å². The molecule has 3 saturated carbocycles. The summed E-state index contributed by atoms with van der Waals surface area (Å²) in [4.78, 5) is 36.9. The van der Waals surface area contributed by atoms with E-state index in [0.29, 0.717) is 19.3 Å². The van der Waals surface area contributed by atoms with E-state index in [4.69, 9.17) is 4.74 Å². The highest BCUT2D eigenvalue weighted by Crippen LogP contribution is 2.67. The molecule has 0 aromatic rings. The van der Waals surface area contributed by atoms with Crippen molar-refractivity contribution in [2.45, 2.75) is 71.5 Å². The van der Waals surface area contributed by atoms with Crippen LogP contribution in [0, 0.1) is 28.6 Å². The van der Waals surface area contributed by atoms with Gasteiger partial charge in [-0.3, -0.25) is 9.59 Å². The van der Waals surface area contributed by atoms with Crippen molar-refractivity contribution in [1.29, 1.82) is 0 Å². The second-order valence-electron chi connectivity index (χ2n) is 10.9. The van der Waals surface area contributed by atoms with Crippen LogP contribution in [-0.4, -0.2) is 46.1 Å². The Kier molecular flexibility index (Phi) is 5.61. The molecular formula is C26H34O6. The highest BCUT2D eigenvalue weighted by atomic mass is 16.5. The zero-order valence-electron chi connectivity index (χ0n) is 19.4. The van der Waals surface area contributed by atoms with Crippen LogP contribution in [0.5, 0.6) is 0 Å². The van der Waals surface area contributed by atoms with Gasteiger partial charge in [0.25, 0.3) is 0 Å². The molecule has 7 atom stereocenters. The third kappa shape index (κ3) is 3.34. The number of aliphatic hydroxyl groups excluding tert-OH is 1. The summed E-state index contributed by atoms with van der Waals surface area (Å²) in [7, 11) is 0. The molecule has 0 unspecified atom stereocenters. The molecule has 0 spiro atoms. The van der Waals surface area contributed by atoms with Crippen LogP contribution in [-0.2, 0) is 19.1 Å². The SMILES string of the molecule is CC(C)=CC(=O)OCC(=O)[C@@]1(O)CC[C@H]2[C@@H]3CCC4=CC(=O)C=C[C@]4(C)[C@H]3[C@@H](O)C[C@@]21C. The third-order valence-electron chi connectivity index (χ3n) is 8.86. The Morgan fingerprint density at radius 2 is 1.97 bits per heavy atom. The molecule has 0 radical (unpaired) electrons. The smallest absolute Gasteiger partial charge is 0.331 e. The number of esters is 1. The maximum absolute atomic E-state index is 13.1. The zero-order chi connectivity index (χ0) is 23.5. The fourth-order valence-corrected chi connectivity index (χ4v) is 7.32. The minimum absolute atomic E-state index is 0.00504. The molecule has 0 saturated heterocycles. The topological polar surface area (TPSA) is 101 Å². The molecule has 0 amide bonds. The Morgan fingerprint density at radius 1 is 1.25 bits per heavy atom. The molecule has 0 bridgehead atoms. The zero-order valence-corrected chi connectivity index (χ0v) is 19.4. The van der Waals surface area contributed by atoms with Crippen molar-refractivity contribution < 1.29 is 29.3 Å². The molecule has 6 heteroatoms. The first-order chi connectivity index (χ1) is 14.9. The molecule has 6 nitrogen and oxygen atoms in total. The lowest BCUT2D eigenvalue weighted by atomic mass is 9.46. The van der Waals surface area contributed by atoms with Crippen molar-refractivity contribution in [2.24, 2.45) is 28.6 Å². The molecule has 0 aromatic heterocycles. The van der Waals surface area contributed by atoms with Gasteiger partial charge in [-0.15, -0.1) is 0 Å². The van der Waals surface area contributed by atoms with Crippen LogP contribution in [0.15, 0.2) is 35.5 Å². The van der Waals surface area contributed by atoms with Gasteiger partial charge in [0.05, 0.1) is 6.10 Å². The minimum atomic E-state index is -1.63. The molecule has 4 aliphatic carbocycles. The van der Waals surface area contributed by atoms with E-state index in [0.717, 1.165) is 24.0 Å². The molecule has 0 aliphatic heterocycles. The summed E-state index contributed by atoms with van der Waals surface area (Å²) >= 11 is 0. The predicted molar refractivity (Wildman–Crippen MR) is 118 cm³/mol. The summed E-state index contributed by atoms with van der Waals surface area (Å²) in [6.07, 6.45) is 8.76. The predicted octanol–water partition coefficient (Wildman–Crippen LogP) is 3.07. The van der Waals surface area contributed by atoms with Gasteiger partial charge < -0.3 is 14.9 Å². The molecule has 4 aliphatic rings. The van der Waals surface area contributed by atoms with Crippen LogP contribution in [0.25, 0.3) is 0 Å². The van der Waals surface area contributed by atoms with Gasteiger partial charge in [-0.2, -0.15) is 0 Å². The van der Waals surface area contributed by atoms with E-state index in [-0.39, 0.29) is 29.0 Å². The molecular weight excluding hydrogens is 408 g/mol. The molecule has 3 fully saturated rings. The van der Waals surface area contributed by atoms with Gasteiger partial charge in [0.15, 0.2) is 12.4 Å². The standard InChI is InChI=1S/C26H34O6/c1-15(2)11-22(30)32-14-21(29)26(31)10-8-19-18-6-5-16-12-17(27)7-9-24(16,3)23(18)20(28)13-25(19,26)4/h7,9,11-12,18-20,23,28,31H,5-6,8,10,13-14H2,1-4H3/t18-,19-,20-,23+,24-,25-,26-/m0/s1. The van der Waals surface area contributed by atoms with Crippen LogP contribution in [0.4, 0.5) is 0 Å². The van der Waals surface area contributed by atoms with Crippen LogP contribution >= 0.6 is 0 Å². The number of fused-ring (bicyclic) bond motifs is 5. The summed E-state index contributed by atoms with van der Waals surface area (Å²) in [5, 5.41) is 23.0. The van der Waals surface area contributed by atoms with Gasteiger partial charge >= 0.3 is 5.97 Å². The number of carbonyl (C=O) groups is 3. The average molecular weight is 443 g/mol. The second-order valence-corrected chi connectivity index (χ2v) is 10.9. The highest BCUT2D eigenvalue weighted by Gasteiger charge is 2.68. The first kappa shape index (κ1) is 23.1. The minimum Gasteiger partial charge on any atom is -0.454 e. The first-order valence-corrected chi connectivity index (χ1v) is 11.6. The lowest BCUT2D eigenvalue weighted by Crippen LogP contribution is -2.61. The summed E-state index contributed by atoms with van der Waals surface area (Å²) in [6, 6.07) is 0. The molecule has 2 N–H and O–H groups in total. The van der Waals surface area contributed by atoms with Gasteiger partial charge in [0, 0.05) is 22.8 Å². The lowest BCUT2D eigenvalue weighted by molar-refractivity contribution is -0.180. The van der Waals surface area contributed by atoms with Crippen LogP contribution in [0.3, 0.4) is 0 Å². The molecule has 174 valence electrons. The number of rotatable bonds is 4. The van der Waals surface area contributed by atoms with Gasteiger partial charge in [-0.25, -0.2) is 4.79 Å². The monoisotopic (exact) mass is 442 g/mol. The highest BCUT2D eigenvalue weighted by molar-refractivity contribution is 6.01. The van der Waals surface area contributed by atoms with E-state index in [1.807, 2.05) is 13.0 Å². The Morgan fingerprint density at radius 3 is 2.66 bits per heavy atom. The van der Waals surface area contributed by atoms with E-state index in [1.165, 1.54) is 6.08 Å². The number of ether oxygens (including phenoxy) is 1. The van der Waals surface area contributed by atoms with E-state index < -0.39 is 35.5 Å². The first-order valence-electron chi connectivity index (χ1n) is 11.6. The van der Waals surface area contributed by atoms with Crippen LogP contribution < -0.4 is 0 Å². The quantitative estimate of drug-likeness (QED) is 0.513. The maximum Gasteiger partial charge on any atom is 0.331 e. The molecule has 0 aromatic carbocycles. The van der Waals surface area contributed by atoms with Crippen LogP contribution in [0.2, 0.25) is 0 Å². The Hall–Kier alpha value is -2.05. The fraction of sp³-hybridized carbons (Fsp3) is 0.654. The fourth-order valence-electron chi connectivity index (χ4n) is 7.32. The normalized spacial score (nSPS) is 42.3. The number of ketones is 2. The average Bonchev–Trinajstić information content (AvgIpc) is 2.97. The van der Waals surface area contributed by atoms with Gasteiger partial charge in [-0.05, 0) is 69.9 Å². The number of hydrogen-bond acceptors (Lipinski definition) is 6. The van der Waals surface area contributed by atoms with Crippen molar-refractivity contribution in [3.8, 4) is 0 Å². The molecule has 0 heterocycles. The third-order valence-corrected chi connectivity index (χ3v) is 8.86. The summed E-state index contributed by atoms with van der Waals surface area (Å²) in [5.41, 5.74) is -0.969. The molecule has 4 rings (SSSR count). The maximum atomic E-state index is 13.1. The van der Waals surface area contributed by atoms with Crippen molar-refractivity contribution in [2.75, 3.05) is 6.61 Å². The van der Waals surface area contributed by atoms with Crippen LogP contribution in [0.1, 0.15) is 59.8 Å². The van der Waals surface area contributed by atoms with E-state index in [9.17, 15) is 24.6 Å². The lowest BCUT2D eigenvalue weighted by Gasteiger charge is -2.59.